The van der Waals surface area contributed by atoms with Gasteiger partial charge in [0, 0.05) is 5.69 Å². The first-order chi connectivity index (χ1) is 9.06. The maximum atomic E-state index is 13.4. The van der Waals surface area contributed by atoms with Crippen molar-refractivity contribution >= 4 is 5.97 Å². The minimum Gasteiger partial charge on any atom is -0.487 e. The lowest BCUT2D eigenvalue weighted by Crippen LogP contribution is -2.03. The smallest absolute Gasteiger partial charge is 0.338 e. The molecule has 5 heteroatoms. The molecular formula is C14H12FNO3. The van der Waals surface area contributed by atoms with E-state index in [4.69, 9.17) is 9.84 Å². The van der Waals surface area contributed by atoms with Gasteiger partial charge in [0.2, 0.25) is 0 Å². The lowest BCUT2D eigenvalue weighted by atomic mass is 10.1. The van der Waals surface area contributed by atoms with Gasteiger partial charge in [0.25, 0.3) is 0 Å². The highest BCUT2D eigenvalue weighted by Crippen LogP contribution is 2.14. The van der Waals surface area contributed by atoms with Crippen molar-refractivity contribution in [3.8, 4) is 5.75 Å². The second kappa shape index (κ2) is 5.48. The van der Waals surface area contributed by atoms with Crippen molar-refractivity contribution in [3.05, 3.63) is 59.2 Å². The van der Waals surface area contributed by atoms with E-state index in [1.54, 1.807) is 12.3 Å². The summed E-state index contributed by atoms with van der Waals surface area (Å²) in [5, 5.41) is 8.71. The second-order valence-electron chi connectivity index (χ2n) is 4.04. The predicted octanol–water partition coefficient (Wildman–Crippen LogP) is 2.81. The van der Waals surface area contributed by atoms with Gasteiger partial charge in [0.05, 0.1) is 11.8 Å². The monoisotopic (exact) mass is 261 g/mol. The first-order valence-electron chi connectivity index (χ1n) is 5.63. The number of aromatic nitrogens is 1. The van der Waals surface area contributed by atoms with Gasteiger partial charge in [-0.1, -0.05) is 6.07 Å². The van der Waals surface area contributed by atoms with Crippen LogP contribution in [0.3, 0.4) is 0 Å². The van der Waals surface area contributed by atoms with E-state index in [1.807, 2.05) is 13.0 Å². The Morgan fingerprint density at radius 2 is 2.16 bits per heavy atom. The fourth-order valence-corrected chi connectivity index (χ4v) is 1.53. The normalized spacial score (nSPS) is 10.2. The summed E-state index contributed by atoms with van der Waals surface area (Å²) >= 11 is 0. The van der Waals surface area contributed by atoms with E-state index >= 15 is 0 Å². The largest absolute Gasteiger partial charge is 0.487 e. The van der Waals surface area contributed by atoms with Crippen molar-refractivity contribution in [2.45, 2.75) is 13.5 Å². The van der Waals surface area contributed by atoms with E-state index < -0.39 is 11.8 Å². The predicted molar refractivity (Wildman–Crippen MR) is 66.7 cm³/mol. The van der Waals surface area contributed by atoms with Gasteiger partial charge in [-0.05, 0) is 36.8 Å². The van der Waals surface area contributed by atoms with Crippen molar-refractivity contribution in [2.24, 2.45) is 0 Å². The number of ether oxygens (including phenoxy) is 1. The fraction of sp³-hybridized carbons (Fsp3) is 0.143. The number of benzene rings is 1. The number of halogens is 1. The zero-order chi connectivity index (χ0) is 13.8. The van der Waals surface area contributed by atoms with Gasteiger partial charge in [-0.2, -0.15) is 0 Å². The van der Waals surface area contributed by atoms with Crippen molar-refractivity contribution < 1.29 is 19.0 Å². The first kappa shape index (κ1) is 13.0. The molecule has 0 saturated carbocycles. The van der Waals surface area contributed by atoms with Crippen molar-refractivity contribution in [3.63, 3.8) is 0 Å². The number of aromatic carboxylic acids is 1. The Labute approximate surface area is 109 Å². The van der Waals surface area contributed by atoms with E-state index in [-0.39, 0.29) is 12.2 Å². The number of nitrogens with zero attached hydrogens (tertiary/aromatic N) is 1. The highest BCUT2D eigenvalue weighted by molar-refractivity contribution is 5.87. The molecule has 0 spiro atoms. The molecule has 0 amide bonds. The van der Waals surface area contributed by atoms with Crippen LogP contribution in [0, 0.1) is 12.7 Å². The van der Waals surface area contributed by atoms with Crippen LogP contribution in [-0.4, -0.2) is 16.1 Å². The number of hydrogen-bond acceptors (Lipinski definition) is 3. The minimum absolute atomic E-state index is 0.154. The molecule has 0 aliphatic rings. The molecule has 0 aliphatic heterocycles. The van der Waals surface area contributed by atoms with Crippen LogP contribution in [0.1, 0.15) is 21.6 Å². The summed E-state index contributed by atoms with van der Waals surface area (Å²) in [7, 11) is 0. The summed E-state index contributed by atoms with van der Waals surface area (Å²) < 4.78 is 18.9. The maximum absolute atomic E-state index is 13.4. The number of aryl methyl sites for hydroxylation is 1. The number of carboxylic acid groups (broad SMARTS) is 1. The van der Waals surface area contributed by atoms with Crippen LogP contribution in [0.2, 0.25) is 0 Å². The summed E-state index contributed by atoms with van der Waals surface area (Å²) in [4.78, 5) is 14.7. The van der Waals surface area contributed by atoms with E-state index in [0.717, 1.165) is 11.8 Å². The highest BCUT2D eigenvalue weighted by Gasteiger charge is 2.10. The van der Waals surface area contributed by atoms with Crippen LogP contribution in [0.15, 0.2) is 36.5 Å². The number of rotatable bonds is 4. The topological polar surface area (TPSA) is 59.4 Å². The van der Waals surface area contributed by atoms with Crippen molar-refractivity contribution in [1.82, 2.24) is 4.98 Å². The molecule has 2 rings (SSSR count). The molecule has 0 aliphatic carbocycles. The van der Waals surface area contributed by atoms with Crippen LogP contribution >= 0.6 is 0 Å². The summed E-state index contributed by atoms with van der Waals surface area (Å²) in [5.41, 5.74) is 1.09. The van der Waals surface area contributed by atoms with E-state index in [2.05, 4.69) is 4.98 Å². The van der Waals surface area contributed by atoms with Crippen molar-refractivity contribution in [1.29, 1.82) is 0 Å². The Bertz CT molecular complexity index is 596. The third-order valence-electron chi connectivity index (χ3n) is 2.55. The van der Waals surface area contributed by atoms with Crippen LogP contribution in [-0.2, 0) is 6.61 Å². The van der Waals surface area contributed by atoms with Crippen molar-refractivity contribution in [2.75, 3.05) is 0 Å². The molecule has 1 heterocycles. The van der Waals surface area contributed by atoms with Gasteiger partial charge in [-0.3, -0.25) is 4.98 Å². The SMILES string of the molecule is Cc1ccc(OCc2ccc(C(=O)O)c(F)c2)cn1. The molecule has 0 fully saturated rings. The van der Waals surface area contributed by atoms with Gasteiger partial charge >= 0.3 is 5.97 Å². The Morgan fingerprint density at radius 1 is 1.37 bits per heavy atom. The first-order valence-corrected chi connectivity index (χ1v) is 5.63. The molecule has 0 unspecified atom stereocenters. The third kappa shape index (κ3) is 3.28. The molecule has 0 saturated heterocycles. The van der Waals surface area contributed by atoms with Crippen LogP contribution in [0.4, 0.5) is 4.39 Å². The van der Waals surface area contributed by atoms with E-state index in [0.29, 0.717) is 11.3 Å². The van der Waals surface area contributed by atoms with Gasteiger partial charge in [-0.15, -0.1) is 0 Å². The lowest BCUT2D eigenvalue weighted by molar-refractivity contribution is 0.0692. The Balaban J connectivity index is 2.06. The number of carboxylic acids is 1. The molecule has 1 aromatic heterocycles. The molecule has 1 N–H and O–H groups in total. The van der Waals surface area contributed by atoms with Crippen LogP contribution in [0.5, 0.6) is 5.75 Å². The summed E-state index contributed by atoms with van der Waals surface area (Å²) in [6, 6.07) is 7.48. The lowest BCUT2D eigenvalue weighted by Gasteiger charge is -2.07. The molecule has 0 radical (unpaired) electrons. The summed E-state index contributed by atoms with van der Waals surface area (Å²) in [6.45, 7) is 2.02. The van der Waals surface area contributed by atoms with Gasteiger partial charge in [0.15, 0.2) is 0 Å². The fourth-order valence-electron chi connectivity index (χ4n) is 1.53. The minimum atomic E-state index is -1.28. The Morgan fingerprint density at radius 3 is 2.74 bits per heavy atom. The zero-order valence-corrected chi connectivity index (χ0v) is 10.3. The summed E-state index contributed by atoms with van der Waals surface area (Å²) in [5.74, 6) is -1.48. The molecular weight excluding hydrogens is 249 g/mol. The number of pyridine rings is 1. The average Bonchev–Trinajstić information content (AvgIpc) is 2.37. The Kier molecular flexibility index (Phi) is 3.75. The quantitative estimate of drug-likeness (QED) is 0.919. The standard InChI is InChI=1S/C14H12FNO3/c1-9-2-4-11(7-16-9)19-8-10-3-5-12(14(17)18)13(15)6-10/h2-7H,8H2,1H3,(H,17,18). The van der Waals surface area contributed by atoms with Crippen LogP contribution < -0.4 is 4.74 Å². The molecule has 2 aromatic rings. The average molecular weight is 261 g/mol. The number of hydrogen-bond donors (Lipinski definition) is 1. The molecule has 0 bridgehead atoms. The molecule has 1 aromatic carbocycles. The zero-order valence-electron chi connectivity index (χ0n) is 10.3. The number of carbonyl (C=O) groups is 1. The molecule has 98 valence electrons. The van der Waals surface area contributed by atoms with Gasteiger partial charge < -0.3 is 9.84 Å². The third-order valence-corrected chi connectivity index (χ3v) is 2.55. The van der Waals surface area contributed by atoms with Gasteiger partial charge in [0.1, 0.15) is 18.2 Å². The van der Waals surface area contributed by atoms with Crippen LogP contribution in [0.25, 0.3) is 0 Å². The summed E-state index contributed by atoms with van der Waals surface area (Å²) in [6.07, 6.45) is 1.58. The van der Waals surface area contributed by atoms with Gasteiger partial charge in [-0.25, -0.2) is 9.18 Å². The Hall–Kier alpha value is -2.43. The molecule has 0 atom stereocenters. The maximum Gasteiger partial charge on any atom is 0.338 e. The molecule has 19 heavy (non-hydrogen) atoms. The highest BCUT2D eigenvalue weighted by atomic mass is 19.1. The molecule has 4 nitrogen and oxygen atoms in total. The second-order valence-corrected chi connectivity index (χ2v) is 4.04. The van der Waals surface area contributed by atoms with E-state index in [1.165, 1.54) is 12.1 Å². The van der Waals surface area contributed by atoms with E-state index in [9.17, 15) is 9.18 Å².